The van der Waals surface area contributed by atoms with Crippen LogP contribution in [0.15, 0.2) is 34.7 Å². The van der Waals surface area contributed by atoms with Gasteiger partial charge in [-0.15, -0.1) is 0 Å². The standard InChI is InChI=1S/C18H23N3O4/c1-11-8-16(13(3)25-11)12(2)19-18(23)21-15-7-5-6-14(9-15)20-17(22)10-24-4/h5-9,12H,10H2,1-4H3,(H,20,22)(H2,19,21,23)/t12-/m1/s1. The van der Waals surface area contributed by atoms with Gasteiger partial charge in [0.1, 0.15) is 18.1 Å². The molecule has 0 aliphatic heterocycles. The molecule has 7 heteroatoms. The number of hydrogen-bond donors (Lipinski definition) is 3. The predicted molar refractivity (Wildman–Crippen MR) is 95.7 cm³/mol. The van der Waals surface area contributed by atoms with E-state index in [9.17, 15) is 9.59 Å². The summed E-state index contributed by atoms with van der Waals surface area (Å²) in [6, 6.07) is 8.26. The molecule has 0 saturated carbocycles. The van der Waals surface area contributed by atoms with Gasteiger partial charge in [-0.05, 0) is 45.0 Å². The Kier molecular flexibility index (Phi) is 6.19. The fraction of sp³-hybridized carbons (Fsp3) is 0.333. The van der Waals surface area contributed by atoms with Crippen LogP contribution in [0.5, 0.6) is 0 Å². The largest absolute Gasteiger partial charge is 0.466 e. The van der Waals surface area contributed by atoms with E-state index < -0.39 is 0 Å². The third kappa shape index (κ3) is 5.36. The molecule has 134 valence electrons. The summed E-state index contributed by atoms with van der Waals surface area (Å²) in [5, 5.41) is 8.30. The summed E-state index contributed by atoms with van der Waals surface area (Å²) >= 11 is 0. The maximum atomic E-state index is 12.2. The molecule has 1 aromatic carbocycles. The lowest BCUT2D eigenvalue weighted by Gasteiger charge is -2.14. The molecule has 1 aromatic heterocycles. The molecule has 0 fully saturated rings. The molecule has 2 aromatic rings. The third-order valence-electron chi connectivity index (χ3n) is 3.57. The summed E-state index contributed by atoms with van der Waals surface area (Å²) in [7, 11) is 1.45. The van der Waals surface area contributed by atoms with Crippen LogP contribution in [0.25, 0.3) is 0 Å². The zero-order valence-corrected chi connectivity index (χ0v) is 14.8. The first kappa shape index (κ1) is 18.5. The molecular formula is C18H23N3O4. The molecule has 2 rings (SSSR count). The summed E-state index contributed by atoms with van der Waals surface area (Å²) in [4.78, 5) is 23.7. The highest BCUT2D eigenvalue weighted by Crippen LogP contribution is 2.21. The Morgan fingerprint density at radius 3 is 2.44 bits per heavy atom. The number of ether oxygens (including phenoxy) is 1. The number of amides is 3. The molecule has 0 spiro atoms. The van der Waals surface area contributed by atoms with Gasteiger partial charge in [-0.1, -0.05) is 6.07 Å². The van der Waals surface area contributed by atoms with Crippen molar-refractivity contribution in [2.24, 2.45) is 0 Å². The lowest BCUT2D eigenvalue weighted by Crippen LogP contribution is -2.31. The Morgan fingerprint density at radius 1 is 1.16 bits per heavy atom. The second kappa shape index (κ2) is 8.34. The van der Waals surface area contributed by atoms with Crippen molar-refractivity contribution in [3.8, 4) is 0 Å². The number of carbonyl (C=O) groups is 2. The number of methoxy groups -OCH3 is 1. The molecule has 7 nitrogen and oxygen atoms in total. The minimum atomic E-state index is -0.342. The molecule has 25 heavy (non-hydrogen) atoms. The van der Waals surface area contributed by atoms with E-state index >= 15 is 0 Å². The van der Waals surface area contributed by atoms with Crippen molar-refractivity contribution >= 4 is 23.3 Å². The number of rotatable bonds is 6. The van der Waals surface area contributed by atoms with Gasteiger partial charge in [0.25, 0.3) is 0 Å². The number of anilines is 2. The monoisotopic (exact) mass is 345 g/mol. The highest BCUT2D eigenvalue weighted by Gasteiger charge is 2.15. The van der Waals surface area contributed by atoms with Crippen molar-refractivity contribution in [3.05, 3.63) is 47.4 Å². The quantitative estimate of drug-likeness (QED) is 0.748. The first-order valence-corrected chi connectivity index (χ1v) is 7.92. The summed E-state index contributed by atoms with van der Waals surface area (Å²) in [6.45, 7) is 5.59. The molecule has 3 amide bonds. The molecule has 1 heterocycles. The first-order valence-electron chi connectivity index (χ1n) is 7.92. The van der Waals surface area contributed by atoms with Crippen molar-refractivity contribution in [2.45, 2.75) is 26.8 Å². The number of urea groups is 1. The third-order valence-corrected chi connectivity index (χ3v) is 3.57. The Hall–Kier alpha value is -2.80. The predicted octanol–water partition coefficient (Wildman–Crippen LogP) is 3.36. The number of nitrogens with one attached hydrogen (secondary N) is 3. The van der Waals surface area contributed by atoms with Gasteiger partial charge in [-0.3, -0.25) is 4.79 Å². The van der Waals surface area contributed by atoms with E-state index in [1.807, 2.05) is 26.8 Å². The van der Waals surface area contributed by atoms with Crippen molar-refractivity contribution in [1.29, 1.82) is 0 Å². The summed E-state index contributed by atoms with van der Waals surface area (Å²) in [5.41, 5.74) is 2.09. The SMILES string of the molecule is COCC(=O)Nc1cccc(NC(=O)N[C@H](C)c2cc(C)oc2C)c1. The van der Waals surface area contributed by atoms with E-state index in [1.54, 1.807) is 24.3 Å². The topological polar surface area (TPSA) is 92.6 Å². The molecule has 0 radical (unpaired) electrons. The average Bonchev–Trinajstić information content (AvgIpc) is 2.86. The fourth-order valence-corrected chi connectivity index (χ4v) is 2.52. The number of hydrogen-bond acceptors (Lipinski definition) is 4. The van der Waals surface area contributed by atoms with Crippen molar-refractivity contribution in [2.75, 3.05) is 24.4 Å². The number of aryl methyl sites for hydroxylation is 2. The van der Waals surface area contributed by atoms with Crippen LogP contribution in [0.4, 0.5) is 16.2 Å². The molecular weight excluding hydrogens is 322 g/mol. The van der Waals surface area contributed by atoms with E-state index in [-0.39, 0.29) is 24.6 Å². The summed E-state index contributed by atoms with van der Waals surface area (Å²) in [6.07, 6.45) is 0. The number of benzene rings is 1. The van der Waals surface area contributed by atoms with Crippen molar-refractivity contribution < 1.29 is 18.7 Å². The Morgan fingerprint density at radius 2 is 1.84 bits per heavy atom. The molecule has 0 unspecified atom stereocenters. The van der Waals surface area contributed by atoms with Crippen molar-refractivity contribution in [3.63, 3.8) is 0 Å². The zero-order chi connectivity index (χ0) is 18.4. The Bertz CT molecular complexity index is 755. The van der Waals surface area contributed by atoms with Gasteiger partial charge in [-0.2, -0.15) is 0 Å². The van der Waals surface area contributed by atoms with Crippen LogP contribution in [0.1, 0.15) is 30.0 Å². The van der Waals surface area contributed by atoms with Crippen LogP contribution in [0.3, 0.4) is 0 Å². The minimum Gasteiger partial charge on any atom is -0.466 e. The lowest BCUT2D eigenvalue weighted by atomic mass is 10.1. The number of furan rings is 1. The molecule has 0 aliphatic rings. The van der Waals surface area contributed by atoms with E-state index in [4.69, 9.17) is 9.15 Å². The highest BCUT2D eigenvalue weighted by molar-refractivity contribution is 5.94. The average molecular weight is 345 g/mol. The first-order chi connectivity index (χ1) is 11.9. The summed E-state index contributed by atoms with van der Waals surface area (Å²) in [5.74, 6) is 1.33. The minimum absolute atomic E-state index is 0.0286. The molecule has 0 saturated heterocycles. The van der Waals surface area contributed by atoms with Crippen LogP contribution < -0.4 is 16.0 Å². The van der Waals surface area contributed by atoms with E-state index in [0.29, 0.717) is 11.4 Å². The van der Waals surface area contributed by atoms with E-state index in [1.165, 1.54) is 7.11 Å². The normalized spacial score (nSPS) is 11.7. The van der Waals surface area contributed by atoms with Crippen LogP contribution in [0.2, 0.25) is 0 Å². The van der Waals surface area contributed by atoms with Crippen LogP contribution in [0, 0.1) is 13.8 Å². The van der Waals surface area contributed by atoms with E-state index in [0.717, 1.165) is 17.1 Å². The lowest BCUT2D eigenvalue weighted by molar-refractivity contribution is -0.119. The molecule has 1 atom stereocenters. The van der Waals surface area contributed by atoms with Gasteiger partial charge in [-0.25, -0.2) is 4.79 Å². The molecule has 0 bridgehead atoms. The van der Waals surface area contributed by atoms with E-state index in [2.05, 4.69) is 16.0 Å². The zero-order valence-electron chi connectivity index (χ0n) is 14.8. The maximum Gasteiger partial charge on any atom is 0.319 e. The Labute approximate surface area is 146 Å². The smallest absolute Gasteiger partial charge is 0.319 e. The van der Waals surface area contributed by atoms with Gasteiger partial charge in [0.05, 0.1) is 6.04 Å². The second-order valence-corrected chi connectivity index (χ2v) is 5.75. The highest BCUT2D eigenvalue weighted by atomic mass is 16.5. The maximum absolute atomic E-state index is 12.2. The summed E-state index contributed by atoms with van der Waals surface area (Å²) < 4.78 is 10.3. The number of carbonyl (C=O) groups excluding carboxylic acids is 2. The Balaban J connectivity index is 1.96. The van der Waals surface area contributed by atoms with Gasteiger partial charge < -0.3 is 25.1 Å². The van der Waals surface area contributed by atoms with Gasteiger partial charge in [0, 0.05) is 24.0 Å². The molecule has 0 aliphatic carbocycles. The van der Waals surface area contributed by atoms with Crippen LogP contribution in [-0.2, 0) is 9.53 Å². The van der Waals surface area contributed by atoms with Gasteiger partial charge in [0.2, 0.25) is 5.91 Å². The van der Waals surface area contributed by atoms with Crippen molar-refractivity contribution in [1.82, 2.24) is 5.32 Å². The fourth-order valence-electron chi connectivity index (χ4n) is 2.52. The molecule has 3 N–H and O–H groups in total. The van der Waals surface area contributed by atoms with Gasteiger partial charge >= 0.3 is 6.03 Å². The van der Waals surface area contributed by atoms with Gasteiger partial charge in [0.15, 0.2) is 0 Å². The van der Waals surface area contributed by atoms with Crippen LogP contribution >= 0.6 is 0 Å². The second-order valence-electron chi connectivity index (χ2n) is 5.75. The van der Waals surface area contributed by atoms with Crippen LogP contribution in [-0.4, -0.2) is 25.7 Å².